The Balaban J connectivity index is 0.000000339. The number of aromatic nitrogens is 1. The minimum atomic E-state index is -5.08. The maximum absolute atomic E-state index is 12.4. The van der Waals surface area contributed by atoms with Gasteiger partial charge in [-0.3, -0.25) is 9.78 Å². The molecule has 0 bridgehead atoms. The number of pyridine rings is 1. The van der Waals surface area contributed by atoms with Gasteiger partial charge in [-0.15, -0.1) is 11.8 Å². The Morgan fingerprint density at radius 1 is 1.32 bits per heavy atom. The molecule has 4 heterocycles. The minimum Gasteiger partial charge on any atom is -0.475 e. The van der Waals surface area contributed by atoms with E-state index >= 15 is 0 Å². The molecule has 1 aromatic rings. The molecule has 1 unspecified atom stereocenters. The normalized spacial score (nSPS) is 23.1. The van der Waals surface area contributed by atoms with E-state index in [0.717, 1.165) is 57.9 Å². The molecule has 172 valence electrons. The minimum absolute atomic E-state index is 0.0981. The van der Waals surface area contributed by atoms with E-state index in [1.807, 2.05) is 28.8 Å². The molecule has 11 heteroatoms. The summed E-state index contributed by atoms with van der Waals surface area (Å²) < 4.78 is 43.5. The van der Waals surface area contributed by atoms with Crippen LogP contribution in [0.15, 0.2) is 24.5 Å². The van der Waals surface area contributed by atoms with Crippen molar-refractivity contribution >= 4 is 23.6 Å². The Morgan fingerprint density at radius 2 is 2.00 bits per heavy atom. The second kappa shape index (κ2) is 10.2. The van der Waals surface area contributed by atoms with Gasteiger partial charge in [0.15, 0.2) is 0 Å². The maximum atomic E-state index is 12.4. The molecular formula is C20H25F3N2O5S. The lowest BCUT2D eigenvalue weighted by Gasteiger charge is -2.47. The number of hydrogen-bond acceptors (Lipinski definition) is 6. The van der Waals surface area contributed by atoms with Gasteiger partial charge < -0.3 is 19.5 Å². The number of carboxylic acids is 1. The zero-order valence-corrected chi connectivity index (χ0v) is 17.7. The van der Waals surface area contributed by atoms with E-state index in [2.05, 4.69) is 4.98 Å². The van der Waals surface area contributed by atoms with Crippen LogP contribution in [0.2, 0.25) is 0 Å². The van der Waals surface area contributed by atoms with Crippen LogP contribution in [0.5, 0.6) is 0 Å². The summed E-state index contributed by atoms with van der Waals surface area (Å²) >= 11 is 1.98. The molecule has 1 spiro atoms. The second-order valence-corrected chi connectivity index (χ2v) is 9.40. The fourth-order valence-electron chi connectivity index (χ4n) is 3.78. The predicted molar refractivity (Wildman–Crippen MR) is 107 cm³/mol. The second-order valence-electron chi connectivity index (χ2n) is 7.92. The zero-order chi connectivity index (χ0) is 22.5. The van der Waals surface area contributed by atoms with Gasteiger partial charge in [-0.25, -0.2) is 4.79 Å². The first-order valence-corrected chi connectivity index (χ1v) is 11.0. The van der Waals surface area contributed by atoms with E-state index in [1.165, 1.54) is 0 Å². The summed E-state index contributed by atoms with van der Waals surface area (Å²) in [6, 6.07) is 3.65. The SMILES string of the molecule is O=C(O)C(F)(F)F.O=C(c1cccnc1)N1CC2(CC(OCC3CCOCC3)CS2)C1. The topological polar surface area (TPSA) is 89.0 Å². The molecule has 0 radical (unpaired) electrons. The molecule has 1 N–H and O–H groups in total. The molecular weight excluding hydrogens is 437 g/mol. The number of carboxylic acid groups (broad SMARTS) is 1. The molecule has 7 nitrogen and oxygen atoms in total. The van der Waals surface area contributed by atoms with Gasteiger partial charge in [0, 0.05) is 51.1 Å². The van der Waals surface area contributed by atoms with Crippen LogP contribution in [-0.2, 0) is 14.3 Å². The Morgan fingerprint density at radius 3 is 2.58 bits per heavy atom. The van der Waals surface area contributed by atoms with Crippen molar-refractivity contribution in [3.05, 3.63) is 30.1 Å². The van der Waals surface area contributed by atoms with Crippen molar-refractivity contribution in [1.82, 2.24) is 9.88 Å². The molecule has 0 aromatic carbocycles. The summed E-state index contributed by atoms with van der Waals surface area (Å²) in [6.07, 6.45) is 1.92. The Hall–Kier alpha value is -1.85. The van der Waals surface area contributed by atoms with E-state index in [1.54, 1.807) is 12.4 Å². The van der Waals surface area contributed by atoms with Crippen LogP contribution in [0.1, 0.15) is 29.6 Å². The lowest BCUT2D eigenvalue weighted by atomic mass is 9.92. The van der Waals surface area contributed by atoms with Crippen molar-refractivity contribution in [1.29, 1.82) is 0 Å². The molecule has 3 aliphatic heterocycles. The molecule has 31 heavy (non-hydrogen) atoms. The molecule has 0 aliphatic carbocycles. The number of ether oxygens (including phenoxy) is 2. The zero-order valence-electron chi connectivity index (χ0n) is 16.8. The number of carbonyl (C=O) groups excluding carboxylic acids is 1. The summed E-state index contributed by atoms with van der Waals surface area (Å²) in [5.41, 5.74) is 0.683. The standard InChI is InChI=1S/C18H24N2O3S.C2HF3O2/c21-17(15-2-1-5-19-9-15)20-12-18(13-20)8-16(11-24-18)23-10-14-3-6-22-7-4-14;3-2(4,5)1(6)7/h1-2,5,9,14,16H,3-4,6-8,10-13H2;(H,6,7). The summed E-state index contributed by atoms with van der Waals surface area (Å²) in [5.74, 6) is -0.947. The van der Waals surface area contributed by atoms with Crippen molar-refractivity contribution in [2.75, 3.05) is 38.7 Å². The first kappa shape index (κ1) is 23.8. The van der Waals surface area contributed by atoms with Crippen LogP contribution in [0.25, 0.3) is 0 Å². The Bertz CT molecular complexity index is 753. The summed E-state index contributed by atoms with van der Waals surface area (Å²) in [6.45, 7) is 4.29. The fourth-order valence-corrected chi connectivity index (χ4v) is 5.33. The van der Waals surface area contributed by atoms with Gasteiger partial charge in [0.2, 0.25) is 0 Å². The molecule has 1 atom stereocenters. The van der Waals surface area contributed by atoms with E-state index in [4.69, 9.17) is 19.4 Å². The largest absolute Gasteiger partial charge is 0.490 e. The van der Waals surface area contributed by atoms with Crippen LogP contribution >= 0.6 is 11.8 Å². The smallest absolute Gasteiger partial charge is 0.475 e. The third-order valence-electron chi connectivity index (χ3n) is 5.48. The van der Waals surface area contributed by atoms with Crippen molar-refractivity contribution in [2.24, 2.45) is 5.92 Å². The highest BCUT2D eigenvalue weighted by Gasteiger charge is 2.51. The van der Waals surface area contributed by atoms with Crippen LogP contribution < -0.4 is 0 Å². The van der Waals surface area contributed by atoms with Gasteiger partial charge in [-0.05, 0) is 37.3 Å². The highest BCUT2D eigenvalue weighted by Crippen LogP contribution is 2.46. The van der Waals surface area contributed by atoms with Crippen molar-refractivity contribution in [3.8, 4) is 0 Å². The highest BCUT2D eigenvalue weighted by atomic mass is 32.2. The number of halogens is 3. The summed E-state index contributed by atoms with van der Waals surface area (Å²) in [5, 5.41) is 7.12. The van der Waals surface area contributed by atoms with E-state index in [9.17, 15) is 18.0 Å². The van der Waals surface area contributed by atoms with Crippen LogP contribution in [0.3, 0.4) is 0 Å². The van der Waals surface area contributed by atoms with Crippen molar-refractivity contribution in [3.63, 3.8) is 0 Å². The average molecular weight is 462 g/mol. The molecule has 0 saturated carbocycles. The number of likely N-dealkylation sites (tertiary alicyclic amines) is 1. The third-order valence-corrected chi connectivity index (χ3v) is 7.06. The first-order chi connectivity index (χ1) is 14.7. The number of rotatable bonds is 4. The highest BCUT2D eigenvalue weighted by molar-refractivity contribution is 8.01. The van der Waals surface area contributed by atoms with Crippen LogP contribution in [-0.4, -0.2) is 82.6 Å². The van der Waals surface area contributed by atoms with Gasteiger partial charge in [-0.2, -0.15) is 13.2 Å². The summed E-state index contributed by atoms with van der Waals surface area (Å²) in [7, 11) is 0. The fraction of sp³-hybridized carbons (Fsp3) is 0.650. The average Bonchev–Trinajstić information content (AvgIpc) is 3.17. The lowest BCUT2D eigenvalue weighted by Crippen LogP contribution is -2.60. The molecule has 1 aromatic heterocycles. The molecule has 3 aliphatic rings. The molecule has 3 fully saturated rings. The van der Waals surface area contributed by atoms with Crippen LogP contribution in [0.4, 0.5) is 13.2 Å². The lowest BCUT2D eigenvalue weighted by molar-refractivity contribution is -0.192. The molecule has 1 amide bonds. The number of carbonyl (C=O) groups is 2. The maximum Gasteiger partial charge on any atom is 0.490 e. The van der Waals surface area contributed by atoms with Gasteiger partial charge in [0.25, 0.3) is 5.91 Å². The number of thioether (sulfide) groups is 1. The molecule has 3 saturated heterocycles. The number of nitrogens with zero attached hydrogens (tertiary/aromatic N) is 2. The molecule has 4 rings (SSSR count). The van der Waals surface area contributed by atoms with Gasteiger partial charge >= 0.3 is 12.1 Å². The van der Waals surface area contributed by atoms with E-state index in [0.29, 0.717) is 17.6 Å². The Kier molecular flexibility index (Phi) is 7.82. The predicted octanol–water partition coefficient (Wildman–Crippen LogP) is 2.86. The van der Waals surface area contributed by atoms with Crippen molar-refractivity contribution in [2.45, 2.75) is 36.3 Å². The first-order valence-electron chi connectivity index (χ1n) is 10.0. The third kappa shape index (κ3) is 6.56. The number of alkyl halides is 3. The number of amides is 1. The summed E-state index contributed by atoms with van der Waals surface area (Å²) in [4.78, 5) is 27.3. The quantitative estimate of drug-likeness (QED) is 0.736. The number of aliphatic carboxylic acids is 1. The van der Waals surface area contributed by atoms with E-state index in [-0.39, 0.29) is 10.7 Å². The van der Waals surface area contributed by atoms with Gasteiger partial charge in [-0.1, -0.05) is 0 Å². The Labute approximate surface area is 182 Å². The van der Waals surface area contributed by atoms with Crippen molar-refractivity contribution < 1.29 is 37.3 Å². The number of hydrogen-bond donors (Lipinski definition) is 1. The van der Waals surface area contributed by atoms with E-state index < -0.39 is 12.1 Å². The van der Waals surface area contributed by atoms with Crippen LogP contribution in [0, 0.1) is 5.92 Å². The van der Waals surface area contributed by atoms with Gasteiger partial charge in [0.1, 0.15) is 0 Å². The van der Waals surface area contributed by atoms with Gasteiger partial charge in [0.05, 0.1) is 16.4 Å². The monoisotopic (exact) mass is 462 g/mol.